The van der Waals surface area contributed by atoms with Gasteiger partial charge in [0.1, 0.15) is 5.75 Å². The zero-order valence-electron chi connectivity index (χ0n) is 12.9. The molecule has 0 amide bonds. The molecule has 0 fully saturated rings. The van der Waals surface area contributed by atoms with Crippen LogP contribution in [0.4, 0.5) is 0 Å². The van der Waals surface area contributed by atoms with E-state index in [1.165, 1.54) is 0 Å². The standard InChI is InChI=1S/C17H12Cl2N4O/c1-9-16-21-22-17(12-8-11(24-2)4-5-13(12)19)23(16)15-6-3-10(18)7-14(15)20-9/h3-8H,1-2H3. The van der Waals surface area contributed by atoms with Crippen LogP contribution >= 0.6 is 23.2 Å². The zero-order chi connectivity index (χ0) is 16.8. The Bertz CT molecular complexity index is 1090. The predicted octanol–water partition coefficient (Wildman–Crippen LogP) is 4.57. The van der Waals surface area contributed by atoms with Gasteiger partial charge in [-0.25, -0.2) is 4.98 Å². The summed E-state index contributed by atoms with van der Waals surface area (Å²) in [7, 11) is 1.61. The number of benzene rings is 2. The van der Waals surface area contributed by atoms with Crippen LogP contribution in [0.15, 0.2) is 36.4 Å². The lowest BCUT2D eigenvalue weighted by atomic mass is 10.2. The second-order valence-electron chi connectivity index (χ2n) is 5.36. The summed E-state index contributed by atoms with van der Waals surface area (Å²) in [6.07, 6.45) is 0. The maximum atomic E-state index is 6.39. The number of fused-ring (bicyclic) bond motifs is 3. The number of hydrogen-bond donors (Lipinski definition) is 0. The fourth-order valence-corrected chi connectivity index (χ4v) is 3.10. The Morgan fingerprint density at radius 3 is 2.67 bits per heavy atom. The average molecular weight is 359 g/mol. The molecule has 7 heteroatoms. The highest BCUT2D eigenvalue weighted by molar-refractivity contribution is 6.33. The molecule has 2 aromatic heterocycles. The Morgan fingerprint density at radius 2 is 1.88 bits per heavy atom. The van der Waals surface area contributed by atoms with Crippen LogP contribution in [0.1, 0.15) is 5.69 Å². The van der Waals surface area contributed by atoms with Gasteiger partial charge in [0.05, 0.1) is 28.9 Å². The third kappa shape index (κ3) is 2.28. The molecular weight excluding hydrogens is 347 g/mol. The van der Waals surface area contributed by atoms with E-state index in [4.69, 9.17) is 27.9 Å². The average Bonchev–Trinajstić information content (AvgIpc) is 3.01. The summed E-state index contributed by atoms with van der Waals surface area (Å²) >= 11 is 12.5. The Morgan fingerprint density at radius 1 is 1.04 bits per heavy atom. The first-order valence-corrected chi connectivity index (χ1v) is 7.99. The van der Waals surface area contributed by atoms with Gasteiger partial charge in [-0.2, -0.15) is 0 Å². The molecular formula is C17H12Cl2N4O. The molecule has 0 aliphatic carbocycles. The van der Waals surface area contributed by atoms with Crippen LogP contribution in [0.3, 0.4) is 0 Å². The van der Waals surface area contributed by atoms with Crippen LogP contribution in [-0.2, 0) is 0 Å². The summed E-state index contributed by atoms with van der Waals surface area (Å²) in [5.74, 6) is 1.33. The molecule has 0 aliphatic heterocycles. The number of hydrogen-bond acceptors (Lipinski definition) is 4. The van der Waals surface area contributed by atoms with Gasteiger partial charge in [0.15, 0.2) is 11.5 Å². The van der Waals surface area contributed by atoms with Gasteiger partial charge in [-0.3, -0.25) is 4.40 Å². The number of methoxy groups -OCH3 is 1. The third-order valence-corrected chi connectivity index (χ3v) is 4.43. The van der Waals surface area contributed by atoms with Crippen molar-refractivity contribution in [2.75, 3.05) is 7.11 Å². The van der Waals surface area contributed by atoms with Crippen molar-refractivity contribution in [1.29, 1.82) is 0 Å². The van der Waals surface area contributed by atoms with E-state index in [2.05, 4.69) is 15.2 Å². The van der Waals surface area contributed by atoms with E-state index in [-0.39, 0.29) is 0 Å². The Kier molecular flexibility index (Phi) is 3.55. The van der Waals surface area contributed by atoms with Gasteiger partial charge in [-0.15, -0.1) is 10.2 Å². The minimum atomic E-state index is 0.571. The number of aromatic nitrogens is 4. The van der Waals surface area contributed by atoms with Crippen molar-refractivity contribution in [3.8, 4) is 17.1 Å². The molecule has 0 saturated heterocycles. The van der Waals surface area contributed by atoms with Gasteiger partial charge in [-0.05, 0) is 43.3 Å². The minimum Gasteiger partial charge on any atom is -0.497 e. The summed E-state index contributed by atoms with van der Waals surface area (Å²) in [5, 5.41) is 9.82. The number of halogens is 2. The first kappa shape index (κ1) is 15.2. The predicted molar refractivity (Wildman–Crippen MR) is 95.0 cm³/mol. The lowest BCUT2D eigenvalue weighted by molar-refractivity contribution is 0.415. The molecule has 0 aliphatic rings. The Labute approximate surface area is 147 Å². The van der Waals surface area contributed by atoms with Crippen LogP contribution in [0.5, 0.6) is 5.75 Å². The largest absolute Gasteiger partial charge is 0.497 e. The van der Waals surface area contributed by atoms with E-state index in [0.717, 1.165) is 22.3 Å². The summed E-state index contributed by atoms with van der Waals surface area (Å²) < 4.78 is 7.24. The van der Waals surface area contributed by atoms with Crippen LogP contribution in [0.2, 0.25) is 10.0 Å². The highest BCUT2D eigenvalue weighted by atomic mass is 35.5. The fourth-order valence-electron chi connectivity index (χ4n) is 2.73. The monoisotopic (exact) mass is 358 g/mol. The van der Waals surface area contributed by atoms with E-state index in [0.29, 0.717) is 27.3 Å². The van der Waals surface area contributed by atoms with Crippen molar-refractivity contribution in [3.63, 3.8) is 0 Å². The molecule has 4 rings (SSSR count). The van der Waals surface area contributed by atoms with Gasteiger partial charge in [0, 0.05) is 10.6 Å². The molecule has 4 aromatic rings. The third-order valence-electron chi connectivity index (χ3n) is 3.87. The first-order valence-electron chi connectivity index (χ1n) is 7.23. The molecule has 24 heavy (non-hydrogen) atoms. The van der Waals surface area contributed by atoms with Crippen molar-refractivity contribution in [1.82, 2.24) is 19.6 Å². The Balaban J connectivity index is 2.12. The lowest BCUT2D eigenvalue weighted by Gasteiger charge is -2.09. The highest BCUT2D eigenvalue weighted by Crippen LogP contribution is 2.32. The SMILES string of the molecule is COc1ccc(Cl)c(-c2nnc3c(C)nc4cc(Cl)ccc4n23)c1. The molecule has 0 spiro atoms. The quantitative estimate of drug-likeness (QED) is 0.526. The maximum Gasteiger partial charge on any atom is 0.183 e. The molecule has 0 N–H and O–H groups in total. The molecule has 2 aromatic carbocycles. The molecule has 5 nitrogen and oxygen atoms in total. The normalized spacial score (nSPS) is 11.3. The van der Waals surface area contributed by atoms with E-state index < -0.39 is 0 Å². The van der Waals surface area contributed by atoms with E-state index in [9.17, 15) is 0 Å². The molecule has 0 saturated carbocycles. The van der Waals surface area contributed by atoms with Crippen LogP contribution in [0, 0.1) is 6.92 Å². The second kappa shape index (κ2) is 5.61. The van der Waals surface area contributed by atoms with Gasteiger partial charge < -0.3 is 4.74 Å². The number of nitrogens with zero attached hydrogens (tertiary/aromatic N) is 4. The maximum absolute atomic E-state index is 6.39. The van der Waals surface area contributed by atoms with Crippen molar-refractivity contribution in [3.05, 3.63) is 52.1 Å². The van der Waals surface area contributed by atoms with Crippen molar-refractivity contribution in [2.24, 2.45) is 0 Å². The van der Waals surface area contributed by atoms with E-state index in [1.807, 2.05) is 35.6 Å². The van der Waals surface area contributed by atoms with Crippen molar-refractivity contribution >= 4 is 39.9 Å². The lowest BCUT2D eigenvalue weighted by Crippen LogP contribution is -1.98. The van der Waals surface area contributed by atoms with Gasteiger partial charge in [-0.1, -0.05) is 23.2 Å². The smallest absolute Gasteiger partial charge is 0.183 e. The van der Waals surface area contributed by atoms with E-state index in [1.54, 1.807) is 19.2 Å². The van der Waals surface area contributed by atoms with Crippen LogP contribution < -0.4 is 4.74 Å². The minimum absolute atomic E-state index is 0.571. The highest BCUT2D eigenvalue weighted by Gasteiger charge is 2.17. The molecule has 0 atom stereocenters. The second-order valence-corrected chi connectivity index (χ2v) is 6.20. The zero-order valence-corrected chi connectivity index (χ0v) is 14.4. The summed E-state index contributed by atoms with van der Waals surface area (Å²) in [4.78, 5) is 4.56. The van der Waals surface area contributed by atoms with Gasteiger partial charge in [0.2, 0.25) is 0 Å². The summed E-state index contributed by atoms with van der Waals surface area (Å²) in [6.45, 7) is 1.89. The van der Waals surface area contributed by atoms with Crippen LogP contribution in [-0.4, -0.2) is 26.7 Å². The van der Waals surface area contributed by atoms with E-state index >= 15 is 0 Å². The number of aryl methyl sites for hydroxylation is 1. The molecule has 0 bridgehead atoms. The summed E-state index contributed by atoms with van der Waals surface area (Å²) in [6, 6.07) is 11.0. The number of ether oxygens (including phenoxy) is 1. The molecule has 2 heterocycles. The topological polar surface area (TPSA) is 52.3 Å². The van der Waals surface area contributed by atoms with Gasteiger partial charge in [0.25, 0.3) is 0 Å². The fraction of sp³-hybridized carbons (Fsp3) is 0.118. The first-order chi connectivity index (χ1) is 11.6. The van der Waals surface area contributed by atoms with Crippen molar-refractivity contribution in [2.45, 2.75) is 6.92 Å². The number of rotatable bonds is 2. The molecule has 0 radical (unpaired) electrons. The molecule has 120 valence electrons. The molecule has 0 unspecified atom stereocenters. The van der Waals surface area contributed by atoms with Crippen LogP contribution in [0.25, 0.3) is 28.1 Å². The summed E-state index contributed by atoms with van der Waals surface area (Å²) in [5.41, 5.74) is 3.82. The Hall–Kier alpha value is -2.37. The van der Waals surface area contributed by atoms with Gasteiger partial charge >= 0.3 is 0 Å². The van der Waals surface area contributed by atoms with Crippen molar-refractivity contribution < 1.29 is 4.74 Å².